The van der Waals surface area contributed by atoms with Gasteiger partial charge in [0.1, 0.15) is 5.82 Å². The van der Waals surface area contributed by atoms with Crippen LogP contribution in [-0.2, 0) is 0 Å². The fourth-order valence-electron chi connectivity index (χ4n) is 2.19. The van der Waals surface area contributed by atoms with Gasteiger partial charge in [-0.25, -0.2) is 4.39 Å². The van der Waals surface area contributed by atoms with E-state index >= 15 is 0 Å². The Hall–Kier alpha value is -0.570. The third-order valence-electron chi connectivity index (χ3n) is 3.07. The summed E-state index contributed by atoms with van der Waals surface area (Å²) in [5, 5.41) is 1.04. The first kappa shape index (κ1) is 14.8. The average Bonchev–Trinajstić information content (AvgIpc) is 2.31. The second kappa shape index (κ2) is 5.82. The van der Waals surface area contributed by atoms with Gasteiger partial charge in [-0.2, -0.15) is 0 Å². The molecule has 0 radical (unpaired) electrons. The smallest absolute Gasteiger partial charge is 0.123 e. The van der Waals surface area contributed by atoms with Gasteiger partial charge in [-0.15, -0.1) is 0 Å². The Balaban J connectivity index is 2.56. The van der Waals surface area contributed by atoms with Gasteiger partial charge in [-0.3, -0.25) is 0 Å². The van der Waals surface area contributed by atoms with E-state index in [2.05, 4.69) is 15.9 Å². The summed E-state index contributed by atoms with van der Waals surface area (Å²) in [4.78, 5) is -0.112. The van der Waals surface area contributed by atoms with Crippen molar-refractivity contribution in [2.75, 3.05) is 0 Å². The lowest BCUT2D eigenvalue weighted by Crippen LogP contribution is -2.01. The molecule has 4 heteroatoms. The summed E-state index contributed by atoms with van der Waals surface area (Å²) in [6, 6.07) is 8.56. The first-order valence-corrected chi connectivity index (χ1v) is 7.43. The molecule has 0 amide bonds. The van der Waals surface area contributed by atoms with Crippen LogP contribution >= 0.6 is 39.1 Å². The lowest BCUT2D eigenvalue weighted by Gasteiger charge is -2.18. The quantitative estimate of drug-likeness (QED) is 0.556. The maximum absolute atomic E-state index is 13.4. The highest BCUT2D eigenvalue weighted by molar-refractivity contribution is 9.09. The van der Waals surface area contributed by atoms with E-state index in [0.29, 0.717) is 10.0 Å². The summed E-state index contributed by atoms with van der Waals surface area (Å²) in [6.07, 6.45) is 0. The van der Waals surface area contributed by atoms with Gasteiger partial charge in [0.2, 0.25) is 0 Å². The SMILES string of the molecule is Cc1cc(F)cc(C)c1C(Br)c1cccc(Cl)c1Cl. The minimum absolute atomic E-state index is 0.112. The second-order valence-corrected chi connectivity index (χ2v) is 6.16. The van der Waals surface area contributed by atoms with Crippen LogP contribution < -0.4 is 0 Å². The molecule has 0 saturated carbocycles. The number of rotatable bonds is 2. The van der Waals surface area contributed by atoms with E-state index in [1.165, 1.54) is 12.1 Å². The van der Waals surface area contributed by atoms with Gasteiger partial charge in [-0.05, 0) is 54.3 Å². The molecule has 0 aliphatic heterocycles. The van der Waals surface area contributed by atoms with Gasteiger partial charge >= 0.3 is 0 Å². The molecule has 0 spiro atoms. The van der Waals surface area contributed by atoms with Crippen molar-refractivity contribution >= 4 is 39.1 Å². The Kier molecular flexibility index (Phi) is 4.54. The molecule has 0 nitrogen and oxygen atoms in total. The molecule has 2 aromatic rings. The molecule has 1 unspecified atom stereocenters. The van der Waals surface area contributed by atoms with Crippen LogP contribution in [0.15, 0.2) is 30.3 Å². The van der Waals surface area contributed by atoms with E-state index in [-0.39, 0.29) is 10.6 Å². The van der Waals surface area contributed by atoms with Crippen LogP contribution in [0.5, 0.6) is 0 Å². The van der Waals surface area contributed by atoms with E-state index < -0.39 is 0 Å². The summed E-state index contributed by atoms with van der Waals surface area (Å²) in [5.74, 6) is -0.226. The molecular weight excluding hydrogens is 350 g/mol. The molecule has 0 saturated heterocycles. The van der Waals surface area contributed by atoms with Crippen LogP contribution in [0.25, 0.3) is 0 Å². The topological polar surface area (TPSA) is 0 Å². The molecule has 0 aliphatic rings. The van der Waals surface area contributed by atoms with Gasteiger partial charge in [0.25, 0.3) is 0 Å². The zero-order chi connectivity index (χ0) is 14.2. The minimum atomic E-state index is -0.226. The fourth-order valence-corrected chi connectivity index (χ4v) is 3.85. The predicted molar refractivity (Wildman–Crippen MR) is 83.1 cm³/mol. The first-order chi connectivity index (χ1) is 8.91. The summed E-state index contributed by atoms with van der Waals surface area (Å²) >= 11 is 15.9. The van der Waals surface area contributed by atoms with Gasteiger partial charge in [0.05, 0.1) is 14.9 Å². The Bertz CT molecular complexity index is 603. The van der Waals surface area contributed by atoms with Crippen molar-refractivity contribution < 1.29 is 4.39 Å². The van der Waals surface area contributed by atoms with Crippen molar-refractivity contribution in [3.05, 3.63) is 68.4 Å². The standard InChI is InChI=1S/C15H12BrCl2F/c1-8-6-10(19)7-9(2)13(8)14(16)11-4-3-5-12(17)15(11)18/h3-7,14H,1-2H3. The van der Waals surface area contributed by atoms with Crippen LogP contribution in [0.4, 0.5) is 4.39 Å². The molecule has 0 heterocycles. The first-order valence-electron chi connectivity index (χ1n) is 5.76. The van der Waals surface area contributed by atoms with Gasteiger partial charge in [0.15, 0.2) is 0 Å². The van der Waals surface area contributed by atoms with Crippen molar-refractivity contribution in [2.24, 2.45) is 0 Å². The third-order valence-corrected chi connectivity index (χ3v) is 4.85. The van der Waals surface area contributed by atoms with Gasteiger partial charge < -0.3 is 0 Å². The Labute approximate surface area is 130 Å². The van der Waals surface area contributed by atoms with Crippen LogP contribution in [0.2, 0.25) is 10.0 Å². The Morgan fingerprint density at radius 1 is 1.11 bits per heavy atom. The summed E-state index contributed by atoms with van der Waals surface area (Å²) in [6.45, 7) is 3.77. The van der Waals surface area contributed by atoms with Crippen molar-refractivity contribution in [2.45, 2.75) is 18.7 Å². The molecule has 19 heavy (non-hydrogen) atoms. The van der Waals surface area contributed by atoms with Crippen LogP contribution in [0.3, 0.4) is 0 Å². The molecule has 1 atom stereocenters. The highest BCUT2D eigenvalue weighted by atomic mass is 79.9. The van der Waals surface area contributed by atoms with Crippen LogP contribution in [0.1, 0.15) is 27.1 Å². The lowest BCUT2D eigenvalue weighted by molar-refractivity contribution is 0.624. The minimum Gasteiger partial charge on any atom is -0.207 e. The highest BCUT2D eigenvalue weighted by Crippen LogP contribution is 2.40. The van der Waals surface area contributed by atoms with Crippen molar-refractivity contribution in [3.8, 4) is 0 Å². The average molecular weight is 362 g/mol. The highest BCUT2D eigenvalue weighted by Gasteiger charge is 2.19. The largest absolute Gasteiger partial charge is 0.207 e. The number of alkyl halides is 1. The number of halogens is 4. The predicted octanol–water partition coefficient (Wildman–Crippen LogP) is 6.23. The van der Waals surface area contributed by atoms with Crippen molar-refractivity contribution in [3.63, 3.8) is 0 Å². The summed E-state index contributed by atoms with van der Waals surface area (Å²) in [5.41, 5.74) is 3.67. The number of benzene rings is 2. The van der Waals surface area contributed by atoms with E-state index in [1.807, 2.05) is 26.0 Å². The fraction of sp³-hybridized carbons (Fsp3) is 0.200. The maximum atomic E-state index is 13.4. The molecule has 0 N–H and O–H groups in total. The Morgan fingerprint density at radius 3 is 2.26 bits per heavy atom. The van der Waals surface area contributed by atoms with Crippen molar-refractivity contribution in [1.82, 2.24) is 0 Å². The summed E-state index contributed by atoms with van der Waals surface area (Å²) < 4.78 is 13.4. The maximum Gasteiger partial charge on any atom is 0.123 e. The van der Waals surface area contributed by atoms with Gasteiger partial charge in [0, 0.05) is 0 Å². The van der Waals surface area contributed by atoms with E-state index in [4.69, 9.17) is 23.2 Å². The third kappa shape index (κ3) is 2.96. The van der Waals surface area contributed by atoms with Gasteiger partial charge in [-0.1, -0.05) is 51.3 Å². The molecular formula is C15H12BrCl2F. The van der Waals surface area contributed by atoms with Crippen LogP contribution in [-0.4, -0.2) is 0 Å². The molecule has 100 valence electrons. The number of hydrogen-bond donors (Lipinski definition) is 0. The van der Waals surface area contributed by atoms with Crippen molar-refractivity contribution in [1.29, 1.82) is 0 Å². The molecule has 2 aromatic carbocycles. The zero-order valence-electron chi connectivity index (χ0n) is 10.5. The number of aryl methyl sites for hydroxylation is 2. The van der Waals surface area contributed by atoms with E-state index in [0.717, 1.165) is 22.3 Å². The molecule has 0 aromatic heterocycles. The van der Waals surface area contributed by atoms with E-state index in [1.54, 1.807) is 6.07 Å². The van der Waals surface area contributed by atoms with E-state index in [9.17, 15) is 4.39 Å². The molecule has 0 bridgehead atoms. The summed E-state index contributed by atoms with van der Waals surface area (Å²) in [7, 11) is 0. The Morgan fingerprint density at radius 2 is 1.68 bits per heavy atom. The molecule has 0 fully saturated rings. The number of hydrogen-bond acceptors (Lipinski definition) is 0. The van der Waals surface area contributed by atoms with Crippen LogP contribution in [0, 0.1) is 19.7 Å². The second-order valence-electron chi connectivity index (χ2n) is 4.46. The molecule has 0 aliphatic carbocycles. The monoisotopic (exact) mass is 360 g/mol. The zero-order valence-corrected chi connectivity index (χ0v) is 13.6. The molecule has 2 rings (SSSR count). The normalized spacial score (nSPS) is 12.5. The lowest BCUT2D eigenvalue weighted by atomic mass is 9.96.